The Balaban J connectivity index is 3.55. The normalized spacial score (nSPS) is 13.2. The number of hydrogen-bond acceptors (Lipinski definition) is 3. The van der Waals surface area contributed by atoms with Crippen LogP contribution < -0.4 is 5.32 Å². The first-order valence-corrected chi connectivity index (χ1v) is 17.9. The van der Waals surface area contributed by atoms with Crippen molar-refractivity contribution in [2.24, 2.45) is 0 Å². The van der Waals surface area contributed by atoms with Crippen LogP contribution in [0.25, 0.3) is 0 Å². The van der Waals surface area contributed by atoms with Crippen LogP contribution in [0.2, 0.25) is 0 Å². The van der Waals surface area contributed by atoms with E-state index in [2.05, 4.69) is 19.2 Å². The minimum atomic E-state index is -0.830. The summed E-state index contributed by atoms with van der Waals surface area (Å²) < 4.78 is 0. The highest BCUT2D eigenvalue weighted by Gasteiger charge is 2.17. The summed E-state index contributed by atoms with van der Waals surface area (Å²) in [6.07, 6.45) is 38.7. The Morgan fingerprint density at radius 1 is 0.575 bits per heavy atom. The summed E-state index contributed by atoms with van der Waals surface area (Å²) in [5.74, 6) is -0.0638. The molecule has 0 aliphatic rings. The van der Waals surface area contributed by atoms with Gasteiger partial charge < -0.3 is 15.5 Å². The molecule has 0 aromatic carbocycles. The highest BCUT2D eigenvalue weighted by molar-refractivity contribution is 5.76. The number of aliphatic hydroxyl groups excluding tert-OH is 2. The lowest BCUT2D eigenvalue weighted by Gasteiger charge is -2.20. The lowest BCUT2D eigenvalue weighted by atomic mass is 10.0. The van der Waals surface area contributed by atoms with Crippen molar-refractivity contribution in [3.63, 3.8) is 0 Å². The van der Waals surface area contributed by atoms with Gasteiger partial charge in [0.15, 0.2) is 0 Å². The van der Waals surface area contributed by atoms with Crippen LogP contribution in [0.3, 0.4) is 0 Å². The molecule has 40 heavy (non-hydrogen) atoms. The lowest BCUT2D eigenvalue weighted by molar-refractivity contribution is -0.123. The van der Waals surface area contributed by atoms with Crippen molar-refractivity contribution in [1.82, 2.24) is 5.32 Å². The molecular weight excluding hydrogens is 494 g/mol. The summed E-state index contributed by atoms with van der Waals surface area (Å²) in [6.45, 7) is 4.29. The first-order valence-electron chi connectivity index (χ1n) is 17.9. The summed E-state index contributed by atoms with van der Waals surface area (Å²) in [6, 6.07) is -0.613. The van der Waals surface area contributed by atoms with Gasteiger partial charge in [-0.25, -0.2) is 0 Å². The fourth-order valence-electron chi connectivity index (χ4n) is 5.47. The molecule has 0 saturated heterocycles. The number of carbonyl (C=O) groups is 1. The maximum absolute atomic E-state index is 12.3. The van der Waals surface area contributed by atoms with E-state index < -0.39 is 12.1 Å². The smallest absolute Gasteiger partial charge is 0.220 e. The van der Waals surface area contributed by atoms with Gasteiger partial charge in [-0.2, -0.15) is 0 Å². The van der Waals surface area contributed by atoms with Gasteiger partial charge in [0.25, 0.3) is 0 Å². The van der Waals surface area contributed by atoms with Crippen LogP contribution in [0.15, 0.2) is 12.2 Å². The van der Waals surface area contributed by atoms with E-state index in [0.717, 1.165) is 25.7 Å². The summed E-state index contributed by atoms with van der Waals surface area (Å²) in [7, 11) is 0. The molecule has 0 unspecified atom stereocenters. The Bertz CT molecular complexity index is 536. The standard InChI is InChI=1S/C36H71NO3/c1-3-5-7-9-11-13-15-16-17-18-19-20-21-22-24-26-28-30-32-36(40)37-34(33-38)35(39)31-29-27-25-23-14-12-10-8-6-4-2/h29,31,34-35,38-39H,3-28,30,32-33H2,1-2H3,(H,37,40)/b31-29+/t34-,35+/m0/s1. The van der Waals surface area contributed by atoms with Gasteiger partial charge in [-0.05, 0) is 19.3 Å². The van der Waals surface area contributed by atoms with Crippen LogP contribution in [0.4, 0.5) is 0 Å². The van der Waals surface area contributed by atoms with Crippen molar-refractivity contribution in [2.75, 3.05) is 6.61 Å². The van der Waals surface area contributed by atoms with Crippen molar-refractivity contribution in [2.45, 2.75) is 206 Å². The first-order chi connectivity index (χ1) is 19.7. The Labute approximate surface area is 250 Å². The molecular formula is C36H71NO3. The molecule has 0 bridgehead atoms. The van der Waals surface area contributed by atoms with Gasteiger partial charge in [0, 0.05) is 6.42 Å². The second-order valence-corrected chi connectivity index (χ2v) is 12.3. The molecule has 4 heteroatoms. The molecule has 0 aliphatic carbocycles. The average molecular weight is 566 g/mol. The average Bonchev–Trinajstić information content (AvgIpc) is 2.96. The molecule has 0 aromatic heterocycles. The Morgan fingerprint density at radius 2 is 0.925 bits per heavy atom. The fraction of sp³-hybridized carbons (Fsp3) is 0.917. The van der Waals surface area contributed by atoms with E-state index >= 15 is 0 Å². The molecule has 1 amide bonds. The zero-order valence-electron chi connectivity index (χ0n) is 27.1. The van der Waals surface area contributed by atoms with Gasteiger partial charge in [-0.15, -0.1) is 0 Å². The summed E-state index contributed by atoms with van der Waals surface area (Å²) >= 11 is 0. The number of hydrogen-bond donors (Lipinski definition) is 3. The monoisotopic (exact) mass is 566 g/mol. The third kappa shape index (κ3) is 28.7. The summed E-state index contributed by atoms with van der Waals surface area (Å²) in [5, 5.41) is 22.8. The topological polar surface area (TPSA) is 69.6 Å². The Kier molecular flexibility index (Phi) is 31.9. The van der Waals surface area contributed by atoms with Gasteiger partial charge in [-0.3, -0.25) is 4.79 Å². The number of nitrogens with one attached hydrogen (secondary N) is 1. The van der Waals surface area contributed by atoms with Gasteiger partial charge in [-0.1, -0.05) is 180 Å². The minimum absolute atomic E-state index is 0.0638. The van der Waals surface area contributed by atoms with E-state index in [0.29, 0.717) is 6.42 Å². The van der Waals surface area contributed by atoms with E-state index in [4.69, 9.17) is 0 Å². The molecule has 0 saturated carbocycles. The number of allylic oxidation sites excluding steroid dienone is 1. The summed E-state index contributed by atoms with van der Waals surface area (Å²) in [4.78, 5) is 12.3. The third-order valence-corrected chi connectivity index (χ3v) is 8.27. The van der Waals surface area contributed by atoms with Crippen molar-refractivity contribution in [1.29, 1.82) is 0 Å². The molecule has 0 aliphatic heterocycles. The minimum Gasteiger partial charge on any atom is -0.394 e. The maximum Gasteiger partial charge on any atom is 0.220 e. The van der Waals surface area contributed by atoms with Gasteiger partial charge >= 0.3 is 0 Å². The molecule has 3 N–H and O–H groups in total. The summed E-state index contributed by atoms with van der Waals surface area (Å²) in [5.41, 5.74) is 0. The van der Waals surface area contributed by atoms with Crippen LogP contribution in [-0.2, 0) is 4.79 Å². The number of aliphatic hydroxyl groups is 2. The van der Waals surface area contributed by atoms with Gasteiger partial charge in [0.05, 0.1) is 18.8 Å². The predicted molar refractivity (Wildman–Crippen MR) is 175 cm³/mol. The van der Waals surface area contributed by atoms with E-state index in [1.807, 2.05) is 6.08 Å². The molecule has 0 spiro atoms. The van der Waals surface area contributed by atoms with Crippen LogP contribution in [0.5, 0.6) is 0 Å². The van der Waals surface area contributed by atoms with Crippen molar-refractivity contribution < 1.29 is 15.0 Å². The lowest BCUT2D eigenvalue weighted by Crippen LogP contribution is -2.45. The largest absolute Gasteiger partial charge is 0.394 e. The van der Waals surface area contributed by atoms with Gasteiger partial charge in [0.2, 0.25) is 5.91 Å². The van der Waals surface area contributed by atoms with Crippen molar-refractivity contribution in [3.05, 3.63) is 12.2 Å². The first kappa shape index (κ1) is 39.1. The van der Waals surface area contributed by atoms with Crippen molar-refractivity contribution in [3.8, 4) is 0 Å². The molecule has 0 radical (unpaired) electrons. The molecule has 4 nitrogen and oxygen atoms in total. The predicted octanol–water partition coefficient (Wildman–Crippen LogP) is 10.3. The molecule has 2 atom stereocenters. The van der Waals surface area contributed by atoms with Gasteiger partial charge in [0.1, 0.15) is 0 Å². The number of carbonyl (C=O) groups excluding carboxylic acids is 1. The fourth-order valence-corrected chi connectivity index (χ4v) is 5.47. The van der Waals surface area contributed by atoms with E-state index in [-0.39, 0.29) is 12.5 Å². The van der Waals surface area contributed by atoms with Crippen molar-refractivity contribution >= 4 is 5.91 Å². The zero-order chi connectivity index (χ0) is 29.4. The molecule has 0 fully saturated rings. The molecule has 0 heterocycles. The van der Waals surface area contributed by atoms with Crippen LogP contribution in [-0.4, -0.2) is 34.9 Å². The van der Waals surface area contributed by atoms with E-state index in [9.17, 15) is 15.0 Å². The molecule has 0 aromatic rings. The van der Waals surface area contributed by atoms with E-state index in [1.54, 1.807) is 6.08 Å². The number of amides is 1. The molecule has 238 valence electrons. The van der Waals surface area contributed by atoms with Crippen LogP contribution >= 0.6 is 0 Å². The molecule has 0 rings (SSSR count). The second-order valence-electron chi connectivity index (χ2n) is 12.3. The number of unbranched alkanes of at least 4 members (excludes halogenated alkanes) is 25. The van der Waals surface area contributed by atoms with Crippen LogP contribution in [0.1, 0.15) is 194 Å². The Hall–Kier alpha value is -0.870. The maximum atomic E-state index is 12.3. The highest BCUT2D eigenvalue weighted by atomic mass is 16.3. The van der Waals surface area contributed by atoms with Crippen LogP contribution in [0, 0.1) is 0 Å². The second kappa shape index (κ2) is 32.6. The van der Waals surface area contributed by atoms with E-state index in [1.165, 1.54) is 148 Å². The number of rotatable bonds is 32. The quantitative estimate of drug-likeness (QED) is 0.0561. The highest BCUT2D eigenvalue weighted by Crippen LogP contribution is 2.15. The third-order valence-electron chi connectivity index (χ3n) is 8.27. The zero-order valence-corrected chi connectivity index (χ0v) is 27.1. The SMILES string of the molecule is CCCCCCCCCC/C=C/[C@@H](O)[C@H](CO)NC(=O)CCCCCCCCCCCCCCCCCCCC. The Morgan fingerprint density at radius 3 is 1.30 bits per heavy atom.